The van der Waals surface area contributed by atoms with Gasteiger partial charge in [-0.1, -0.05) is 12.1 Å². The highest BCUT2D eigenvalue weighted by molar-refractivity contribution is 5.52. The monoisotopic (exact) mass is 283 g/mol. The molecule has 0 saturated carbocycles. The first kappa shape index (κ1) is 14.5. The first-order chi connectivity index (χ1) is 10.1. The van der Waals surface area contributed by atoms with Gasteiger partial charge in [0.1, 0.15) is 23.1 Å². The van der Waals surface area contributed by atoms with Crippen LogP contribution in [0.4, 0.5) is 5.69 Å². The van der Waals surface area contributed by atoms with Crippen LogP contribution in [0.25, 0.3) is 0 Å². The van der Waals surface area contributed by atoms with Gasteiger partial charge in [0.05, 0.1) is 4.92 Å². The molecule has 0 amide bonds. The minimum absolute atomic E-state index is 0.0242. The van der Waals surface area contributed by atoms with E-state index < -0.39 is 4.92 Å². The van der Waals surface area contributed by atoms with Gasteiger partial charge in [0.25, 0.3) is 5.69 Å². The van der Waals surface area contributed by atoms with Crippen molar-refractivity contribution in [2.45, 2.75) is 6.54 Å². The van der Waals surface area contributed by atoms with E-state index in [1.54, 1.807) is 12.1 Å². The maximum absolute atomic E-state index is 10.8. The molecular weight excluding hydrogens is 270 g/mol. The molecule has 0 spiro atoms. The largest absolute Gasteiger partial charge is 0.457 e. The van der Waals surface area contributed by atoms with Crippen molar-refractivity contribution in [3.05, 3.63) is 63.7 Å². The Labute approximate surface area is 121 Å². The Hall–Kier alpha value is -2.91. The minimum Gasteiger partial charge on any atom is -0.457 e. The van der Waals surface area contributed by atoms with Gasteiger partial charge >= 0.3 is 0 Å². The molecule has 21 heavy (non-hydrogen) atoms. The molecule has 1 N–H and O–H groups in total. The molecule has 0 bridgehead atoms. The summed E-state index contributed by atoms with van der Waals surface area (Å²) in [6.45, 7) is 0.709. The Morgan fingerprint density at radius 1 is 1.29 bits per heavy atom. The zero-order chi connectivity index (χ0) is 15.2. The number of nitro benzene ring substituents is 1. The lowest BCUT2D eigenvalue weighted by Gasteiger charge is -2.08. The fraction of sp³-hybridized carbons (Fsp3) is 0.133. The van der Waals surface area contributed by atoms with Gasteiger partial charge in [0.2, 0.25) is 0 Å². The maximum atomic E-state index is 10.8. The van der Waals surface area contributed by atoms with Crippen LogP contribution in [0.2, 0.25) is 0 Å². The lowest BCUT2D eigenvalue weighted by atomic mass is 10.2. The predicted octanol–water partition coefficient (Wildman–Crippen LogP) is 2.98. The molecular formula is C15H13N3O3. The zero-order valence-electron chi connectivity index (χ0n) is 11.4. The fourth-order valence-corrected chi connectivity index (χ4v) is 1.89. The molecule has 0 aliphatic heterocycles. The number of nitriles is 1. The number of nitrogens with one attached hydrogen (secondary N) is 1. The second kappa shape index (κ2) is 6.50. The summed E-state index contributed by atoms with van der Waals surface area (Å²) in [6.07, 6.45) is 0. The third kappa shape index (κ3) is 3.55. The summed E-state index contributed by atoms with van der Waals surface area (Å²) < 4.78 is 5.64. The predicted molar refractivity (Wildman–Crippen MR) is 77.1 cm³/mol. The summed E-state index contributed by atoms with van der Waals surface area (Å²) in [5, 5.41) is 22.8. The topological polar surface area (TPSA) is 88.2 Å². The van der Waals surface area contributed by atoms with E-state index in [0.29, 0.717) is 18.0 Å². The number of benzene rings is 2. The van der Waals surface area contributed by atoms with E-state index in [9.17, 15) is 10.1 Å². The van der Waals surface area contributed by atoms with Gasteiger partial charge in [-0.2, -0.15) is 5.26 Å². The molecule has 0 fully saturated rings. The highest BCUT2D eigenvalue weighted by Crippen LogP contribution is 2.27. The van der Waals surface area contributed by atoms with Gasteiger partial charge < -0.3 is 10.1 Å². The number of hydrogen-bond acceptors (Lipinski definition) is 5. The maximum Gasteiger partial charge on any atom is 0.287 e. The van der Waals surface area contributed by atoms with Crippen molar-refractivity contribution in [3.63, 3.8) is 0 Å². The highest BCUT2D eigenvalue weighted by atomic mass is 16.6. The zero-order valence-corrected chi connectivity index (χ0v) is 11.4. The average molecular weight is 283 g/mol. The standard InChI is InChI=1S/C15H13N3O3/c1-17-10-11-3-2-4-13(7-11)21-14-5-6-15(18(19)20)12(8-14)9-16/h2-8,17H,10H2,1H3. The van der Waals surface area contributed by atoms with Crippen molar-refractivity contribution in [3.8, 4) is 17.6 Å². The SMILES string of the molecule is CNCc1cccc(Oc2ccc([N+](=O)[O-])c(C#N)c2)c1. The minimum atomic E-state index is -0.587. The van der Waals surface area contributed by atoms with Crippen LogP contribution in [0.5, 0.6) is 11.5 Å². The number of nitrogens with zero attached hydrogens (tertiary/aromatic N) is 2. The van der Waals surface area contributed by atoms with Crippen LogP contribution in [-0.2, 0) is 6.54 Å². The number of ether oxygens (including phenoxy) is 1. The molecule has 0 unspecified atom stereocenters. The molecule has 0 aliphatic carbocycles. The van der Waals surface area contributed by atoms with E-state index in [-0.39, 0.29) is 11.3 Å². The van der Waals surface area contributed by atoms with E-state index in [2.05, 4.69) is 5.32 Å². The van der Waals surface area contributed by atoms with E-state index in [4.69, 9.17) is 10.00 Å². The number of rotatable bonds is 5. The molecule has 6 heteroatoms. The summed E-state index contributed by atoms with van der Waals surface area (Å²) >= 11 is 0. The molecule has 0 aromatic heterocycles. The molecule has 2 rings (SSSR count). The van der Waals surface area contributed by atoms with Crippen LogP contribution in [0, 0.1) is 21.4 Å². The summed E-state index contributed by atoms with van der Waals surface area (Å²) in [5.41, 5.74) is 0.801. The molecule has 2 aromatic carbocycles. The molecule has 0 atom stereocenters. The first-order valence-corrected chi connectivity index (χ1v) is 6.24. The molecule has 106 valence electrons. The van der Waals surface area contributed by atoms with Crippen molar-refractivity contribution in [2.24, 2.45) is 0 Å². The second-order valence-electron chi connectivity index (χ2n) is 4.33. The summed E-state index contributed by atoms with van der Waals surface area (Å²) in [5.74, 6) is 0.999. The molecule has 0 heterocycles. The Balaban J connectivity index is 2.26. The number of nitro groups is 1. The smallest absolute Gasteiger partial charge is 0.287 e. The van der Waals surface area contributed by atoms with E-state index in [1.165, 1.54) is 18.2 Å². The molecule has 0 aliphatic rings. The van der Waals surface area contributed by atoms with Crippen molar-refractivity contribution in [1.82, 2.24) is 5.32 Å². The Morgan fingerprint density at radius 3 is 2.71 bits per heavy atom. The van der Waals surface area contributed by atoms with Gasteiger partial charge in [-0.3, -0.25) is 10.1 Å². The molecule has 6 nitrogen and oxygen atoms in total. The van der Waals surface area contributed by atoms with Crippen molar-refractivity contribution in [1.29, 1.82) is 5.26 Å². The van der Waals surface area contributed by atoms with E-state index in [0.717, 1.165) is 5.56 Å². The second-order valence-corrected chi connectivity index (χ2v) is 4.33. The third-order valence-corrected chi connectivity index (χ3v) is 2.80. The van der Waals surface area contributed by atoms with Gasteiger partial charge in [-0.05, 0) is 30.8 Å². The Morgan fingerprint density at radius 2 is 2.05 bits per heavy atom. The number of hydrogen-bond donors (Lipinski definition) is 1. The van der Waals surface area contributed by atoms with E-state index in [1.807, 2.05) is 25.2 Å². The lowest BCUT2D eigenvalue weighted by Crippen LogP contribution is -2.04. The first-order valence-electron chi connectivity index (χ1n) is 6.24. The van der Waals surface area contributed by atoms with Crippen molar-refractivity contribution < 1.29 is 9.66 Å². The van der Waals surface area contributed by atoms with Gasteiger partial charge in [-0.25, -0.2) is 0 Å². The van der Waals surface area contributed by atoms with E-state index >= 15 is 0 Å². The van der Waals surface area contributed by atoms with Crippen LogP contribution < -0.4 is 10.1 Å². The van der Waals surface area contributed by atoms with Gasteiger partial charge in [0.15, 0.2) is 0 Å². The van der Waals surface area contributed by atoms with Crippen LogP contribution in [0.15, 0.2) is 42.5 Å². The van der Waals surface area contributed by atoms with Crippen molar-refractivity contribution >= 4 is 5.69 Å². The highest BCUT2D eigenvalue weighted by Gasteiger charge is 2.14. The lowest BCUT2D eigenvalue weighted by molar-refractivity contribution is -0.385. The summed E-state index contributed by atoms with van der Waals surface area (Å²) in [7, 11) is 1.85. The van der Waals surface area contributed by atoms with Crippen LogP contribution in [-0.4, -0.2) is 12.0 Å². The van der Waals surface area contributed by atoms with Gasteiger partial charge in [0, 0.05) is 18.7 Å². The molecule has 2 aromatic rings. The van der Waals surface area contributed by atoms with Crippen LogP contribution in [0.1, 0.15) is 11.1 Å². The average Bonchev–Trinajstić information content (AvgIpc) is 2.47. The Bertz CT molecular complexity index is 708. The third-order valence-electron chi connectivity index (χ3n) is 2.80. The quantitative estimate of drug-likeness (QED) is 0.673. The summed E-state index contributed by atoms with van der Waals surface area (Å²) in [4.78, 5) is 10.2. The molecule has 0 saturated heterocycles. The fourth-order valence-electron chi connectivity index (χ4n) is 1.89. The van der Waals surface area contributed by atoms with Gasteiger partial charge in [-0.15, -0.1) is 0 Å². The summed E-state index contributed by atoms with van der Waals surface area (Å²) in [6, 6.07) is 13.4. The van der Waals surface area contributed by atoms with Crippen molar-refractivity contribution in [2.75, 3.05) is 7.05 Å². The van der Waals surface area contributed by atoms with Crippen LogP contribution >= 0.6 is 0 Å². The normalized spacial score (nSPS) is 9.90. The van der Waals surface area contributed by atoms with Crippen LogP contribution in [0.3, 0.4) is 0 Å². The Kier molecular flexibility index (Phi) is 4.49. The molecule has 0 radical (unpaired) electrons.